The van der Waals surface area contributed by atoms with Crippen LogP contribution >= 0.6 is 0 Å². The van der Waals surface area contributed by atoms with Crippen molar-refractivity contribution in [1.82, 2.24) is 0 Å². The van der Waals surface area contributed by atoms with Crippen LogP contribution in [0.3, 0.4) is 0 Å². The molecule has 0 radical (unpaired) electrons. The second-order valence-corrected chi connectivity index (χ2v) is 9.99. The van der Waals surface area contributed by atoms with Gasteiger partial charge in [0, 0.05) is 13.2 Å². The van der Waals surface area contributed by atoms with Gasteiger partial charge in [-0.05, 0) is 12.8 Å². The Bertz CT molecular complexity index is 264. The summed E-state index contributed by atoms with van der Waals surface area (Å²) in [6, 6.07) is 0. The number of hydrogen-bond donors (Lipinski definition) is 2. The molecule has 2 heteroatoms. The molecule has 0 amide bonds. The van der Waals surface area contributed by atoms with Crippen LogP contribution in [0.25, 0.3) is 0 Å². The molecule has 188 valence electrons. The Labute approximate surface area is 197 Å². The normalized spacial score (nSPS) is 11.4. The Hall–Kier alpha value is -0.0800. The first-order valence-electron chi connectivity index (χ1n) is 14.6. The molecule has 0 rings (SSSR count). The molecular weight excluding hydrogens is 380 g/mol. The SMILES string of the molecule is OCCCCCCCCCCCCCCCCCCCCCCCCCCCCCO. The fourth-order valence-electron chi connectivity index (χ4n) is 4.64. The minimum absolute atomic E-state index is 0.370. The van der Waals surface area contributed by atoms with Gasteiger partial charge in [-0.2, -0.15) is 0 Å². The molecule has 0 aliphatic rings. The van der Waals surface area contributed by atoms with Gasteiger partial charge in [0.15, 0.2) is 0 Å². The van der Waals surface area contributed by atoms with Crippen molar-refractivity contribution >= 4 is 0 Å². The van der Waals surface area contributed by atoms with Gasteiger partial charge in [-0.1, -0.05) is 161 Å². The van der Waals surface area contributed by atoms with Gasteiger partial charge in [-0.25, -0.2) is 0 Å². The number of unbranched alkanes of at least 4 members (excludes halogenated alkanes) is 26. The van der Waals surface area contributed by atoms with E-state index in [9.17, 15) is 0 Å². The van der Waals surface area contributed by atoms with Crippen molar-refractivity contribution in [3.8, 4) is 0 Å². The highest BCUT2D eigenvalue weighted by Crippen LogP contribution is 2.16. The second-order valence-electron chi connectivity index (χ2n) is 9.99. The third-order valence-electron chi connectivity index (χ3n) is 6.82. The van der Waals surface area contributed by atoms with Gasteiger partial charge in [-0.3, -0.25) is 0 Å². The zero-order chi connectivity index (χ0) is 22.5. The molecule has 2 nitrogen and oxygen atoms in total. The molecular formula is C29H60O2. The van der Waals surface area contributed by atoms with E-state index >= 15 is 0 Å². The summed E-state index contributed by atoms with van der Waals surface area (Å²) in [5, 5.41) is 17.5. The lowest BCUT2D eigenvalue weighted by atomic mass is 10.0. The first-order chi connectivity index (χ1) is 15.4. The molecule has 31 heavy (non-hydrogen) atoms. The van der Waals surface area contributed by atoms with Gasteiger partial charge in [-0.15, -0.1) is 0 Å². The van der Waals surface area contributed by atoms with Crippen LogP contribution in [0, 0.1) is 0 Å². The highest BCUT2D eigenvalue weighted by Gasteiger charge is 1.96. The Morgan fingerprint density at radius 2 is 0.258 bits per heavy atom. The molecule has 2 N–H and O–H groups in total. The third kappa shape index (κ3) is 29.9. The average molecular weight is 441 g/mol. The summed E-state index contributed by atoms with van der Waals surface area (Å²) in [6.07, 6.45) is 37.3. The summed E-state index contributed by atoms with van der Waals surface area (Å²) in [5.41, 5.74) is 0. The van der Waals surface area contributed by atoms with Crippen molar-refractivity contribution in [3.63, 3.8) is 0 Å². The van der Waals surface area contributed by atoms with E-state index in [1.54, 1.807) is 0 Å². The summed E-state index contributed by atoms with van der Waals surface area (Å²) in [7, 11) is 0. The van der Waals surface area contributed by atoms with Gasteiger partial charge in [0.2, 0.25) is 0 Å². The number of hydrogen-bond acceptors (Lipinski definition) is 2. The predicted octanol–water partition coefficient (Wildman–Crippen LogP) is 9.50. The van der Waals surface area contributed by atoms with E-state index in [1.165, 1.54) is 161 Å². The zero-order valence-corrected chi connectivity index (χ0v) is 21.4. The molecule has 0 bridgehead atoms. The van der Waals surface area contributed by atoms with Gasteiger partial charge < -0.3 is 10.2 Å². The molecule has 0 spiro atoms. The van der Waals surface area contributed by atoms with Crippen molar-refractivity contribution in [2.24, 2.45) is 0 Å². The maximum atomic E-state index is 8.75. The first-order valence-corrected chi connectivity index (χ1v) is 14.6. The first kappa shape index (κ1) is 30.9. The van der Waals surface area contributed by atoms with Gasteiger partial charge >= 0.3 is 0 Å². The minimum atomic E-state index is 0.370. The Morgan fingerprint density at radius 3 is 0.355 bits per heavy atom. The molecule has 0 saturated carbocycles. The van der Waals surface area contributed by atoms with Crippen molar-refractivity contribution in [3.05, 3.63) is 0 Å². The Kier molecular flexibility index (Phi) is 29.8. The van der Waals surface area contributed by atoms with Crippen molar-refractivity contribution < 1.29 is 10.2 Å². The van der Waals surface area contributed by atoms with Crippen LogP contribution in [-0.2, 0) is 0 Å². The summed E-state index contributed by atoms with van der Waals surface area (Å²) >= 11 is 0. The molecule has 0 aromatic rings. The van der Waals surface area contributed by atoms with E-state index in [0.717, 1.165) is 12.8 Å². The Balaban J connectivity index is 2.98. The molecule has 0 unspecified atom stereocenters. The summed E-state index contributed by atoms with van der Waals surface area (Å²) in [5.74, 6) is 0. The quantitative estimate of drug-likeness (QED) is 0.119. The van der Waals surface area contributed by atoms with Crippen LogP contribution in [0.2, 0.25) is 0 Å². The second kappa shape index (κ2) is 29.9. The number of aliphatic hydroxyl groups is 2. The molecule has 0 atom stereocenters. The van der Waals surface area contributed by atoms with Crippen LogP contribution in [-0.4, -0.2) is 23.4 Å². The summed E-state index contributed by atoms with van der Waals surface area (Å²) < 4.78 is 0. The molecule has 0 saturated heterocycles. The summed E-state index contributed by atoms with van der Waals surface area (Å²) in [4.78, 5) is 0. The van der Waals surface area contributed by atoms with Crippen LogP contribution in [0.1, 0.15) is 173 Å². The average Bonchev–Trinajstić information content (AvgIpc) is 2.78. The maximum Gasteiger partial charge on any atom is 0.0431 e. The minimum Gasteiger partial charge on any atom is -0.396 e. The summed E-state index contributed by atoms with van der Waals surface area (Å²) in [6.45, 7) is 0.740. The van der Waals surface area contributed by atoms with Gasteiger partial charge in [0.05, 0.1) is 0 Å². The predicted molar refractivity (Wildman–Crippen MR) is 139 cm³/mol. The van der Waals surface area contributed by atoms with Crippen LogP contribution in [0.4, 0.5) is 0 Å². The molecule has 0 heterocycles. The maximum absolute atomic E-state index is 8.75. The fourth-order valence-corrected chi connectivity index (χ4v) is 4.64. The number of aliphatic hydroxyl groups excluding tert-OH is 2. The molecule has 0 fully saturated rings. The van der Waals surface area contributed by atoms with Gasteiger partial charge in [0.1, 0.15) is 0 Å². The van der Waals surface area contributed by atoms with Crippen molar-refractivity contribution in [2.75, 3.05) is 13.2 Å². The van der Waals surface area contributed by atoms with Crippen molar-refractivity contribution in [1.29, 1.82) is 0 Å². The molecule has 0 aromatic heterocycles. The van der Waals surface area contributed by atoms with E-state index in [1.807, 2.05) is 0 Å². The zero-order valence-electron chi connectivity index (χ0n) is 21.4. The van der Waals surface area contributed by atoms with Crippen LogP contribution in [0.5, 0.6) is 0 Å². The van der Waals surface area contributed by atoms with E-state index in [0.29, 0.717) is 13.2 Å². The lowest BCUT2D eigenvalue weighted by Gasteiger charge is -2.04. The van der Waals surface area contributed by atoms with Gasteiger partial charge in [0.25, 0.3) is 0 Å². The molecule has 0 aromatic carbocycles. The molecule has 0 aliphatic carbocycles. The largest absolute Gasteiger partial charge is 0.396 e. The third-order valence-corrected chi connectivity index (χ3v) is 6.82. The monoisotopic (exact) mass is 440 g/mol. The fraction of sp³-hybridized carbons (Fsp3) is 1.00. The highest BCUT2D eigenvalue weighted by molar-refractivity contribution is 4.52. The van der Waals surface area contributed by atoms with Crippen LogP contribution in [0.15, 0.2) is 0 Å². The highest BCUT2D eigenvalue weighted by atomic mass is 16.3. The van der Waals surface area contributed by atoms with E-state index in [2.05, 4.69) is 0 Å². The van der Waals surface area contributed by atoms with E-state index in [4.69, 9.17) is 10.2 Å². The lowest BCUT2D eigenvalue weighted by Crippen LogP contribution is -1.85. The smallest absolute Gasteiger partial charge is 0.0431 e. The van der Waals surface area contributed by atoms with Crippen molar-refractivity contribution in [2.45, 2.75) is 173 Å². The van der Waals surface area contributed by atoms with E-state index in [-0.39, 0.29) is 0 Å². The lowest BCUT2D eigenvalue weighted by molar-refractivity contribution is 0.282. The van der Waals surface area contributed by atoms with E-state index < -0.39 is 0 Å². The van der Waals surface area contributed by atoms with Crippen LogP contribution < -0.4 is 0 Å². The standard InChI is InChI=1S/C29H60O2/c30-28-26-24-22-20-18-16-14-12-10-8-6-4-2-1-3-5-7-9-11-13-15-17-19-21-23-25-27-29-31/h30-31H,1-29H2. The topological polar surface area (TPSA) is 40.5 Å². The number of rotatable bonds is 28. The Morgan fingerprint density at radius 1 is 0.161 bits per heavy atom. The molecule has 0 aliphatic heterocycles.